The average molecular weight is 423 g/mol. The number of amides is 1. The molecule has 1 atom stereocenters. The molecular weight excluding hydrogens is 400 g/mol. The van der Waals surface area contributed by atoms with Crippen LogP contribution in [0.4, 0.5) is 5.95 Å². The summed E-state index contributed by atoms with van der Waals surface area (Å²) >= 11 is 6.07. The number of unbranched alkanes of at least 4 members (excludes halogenated alkanes) is 1. The van der Waals surface area contributed by atoms with Crippen LogP contribution < -0.4 is 10.2 Å². The maximum Gasteiger partial charge on any atom is 0.251 e. The van der Waals surface area contributed by atoms with E-state index in [-0.39, 0.29) is 18.5 Å². The zero-order valence-electron chi connectivity index (χ0n) is 16.7. The Labute approximate surface area is 180 Å². The fraction of sp³-hybridized carbons (Fsp3) is 0.273. The van der Waals surface area contributed by atoms with Crippen LogP contribution in [0.5, 0.6) is 0 Å². The third-order valence-electron chi connectivity index (χ3n) is 5.02. The highest BCUT2D eigenvalue weighted by Crippen LogP contribution is 2.36. The van der Waals surface area contributed by atoms with Gasteiger partial charge in [0.15, 0.2) is 0 Å². The van der Waals surface area contributed by atoms with Crippen LogP contribution in [0.25, 0.3) is 5.70 Å². The van der Waals surface area contributed by atoms with Crippen LogP contribution in [-0.2, 0) is 4.79 Å². The van der Waals surface area contributed by atoms with E-state index in [2.05, 4.69) is 33.8 Å². The first kappa shape index (κ1) is 20.1. The quantitative estimate of drug-likeness (QED) is 0.587. The minimum absolute atomic E-state index is 0.0650. The summed E-state index contributed by atoms with van der Waals surface area (Å²) < 4.78 is 1.73. The number of halogens is 1. The van der Waals surface area contributed by atoms with Gasteiger partial charge in [-0.1, -0.05) is 72.5 Å². The molecule has 2 heterocycles. The molecule has 0 radical (unpaired) electrons. The molecule has 3 aromatic rings. The monoisotopic (exact) mass is 422 g/mol. The highest BCUT2D eigenvalue weighted by Gasteiger charge is 2.31. The van der Waals surface area contributed by atoms with Crippen molar-refractivity contribution in [1.29, 1.82) is 0 Å². The van der Waals surface area contributed by atoms with Crippen LogP contribution >= 0.6 is 11.6 Å². The standard InChI is InChI=1S/C22H23ClN6O/c1-2-3-13-24-21(30)15-28-19(16-7-5-4-6-8-16)14-20(29-22(28)25-26-27-29)17-9-11-18(23)12-10-17/h4-12,14,20H,2-3,13,15H2,1H3,(H,24,30). The van der Waals surface area contributed by atoms with E-state index in [1.165, 1.54) is 0 Å². The van der Waals surface area contributed by atoms with E-state index in [0.29, 0.717) is 17.5 Å². The molecule has 7 nitrogen and oxygen atoms in total. The molecule has 1 aliphatic rings. The second-order valence-electron chi connectivity index (χ2n) is 7.13. The minimum atomic E-state index is -0.207. The maximum absolute atomic E-state index is 12.6. The third-order valence-corrected chi connectivity index (χ3v) is 5.27. The summed E-state index contributed by atoms with van der Waals surface area (Å²) in [6, 6.07) is 17.4. The average Bonchev–Trinajstić information content (AvgIpc) is 3.26. The summed E-state index contributed by atoms with van der Waals surface area (Å²) in [6.45, 7) is 2.89. The summed E-state index contributed by atoms with van der Waals surface area (Å²) in [6.07, 6.45) is 4.06. The van der Waals surface area contributed by atoms with Gasteiger partial charge in [-0.15, -0.1) is 0 Å². The van der Waals surface area contributed by atoms with Crippen molar-refractivity contribution < 1.29 is 4.79 Å². The first-order valence-electron chi connectivity index (χ1n) is 10.0. The van der Waals surface area contributed by atoms with Gasteiger partial charge >= 0.3 is 0 Å². The van der Waals surface area contributed by atoms with Gasteiger partial charge in [0.25, 0.3) is 5.95 Å². The highest BCUT2D eigenvalue weighted by atomic mass is 35.5. The Morgan fingerprint density at radius 3 is 2.63 bits per heavy atom. The van der Waals surface area contributed by atoms with Crippen molar-refractivity contribution in [2.24, 2.45) is 0 Å². The molecule has 4 rings (SSSR count). The summed E-state index contributed by atoms with van der Waals surface area (Å²) in [5.41, 5.74) is 2.89. The number of hydrogen-bond donors (Lipinski definition) is 1. The molecule has 154 valence electrons. The lowest BCUT2D eigenvalue weighted by Crippen LogP contribution is -2.40. The molecule has 1 N–H and O–H groups in total. The normalized spacial score (nSPS) is 15.5. The summed E-state index contributed by atoms with van der Waals surface area (Å²) in [5.74, 6) is 0.465. The number of aromatic nitrogens is 4. The molecule has 1 unspecified atom stereocenters. The molecule has 1 amide bonds. The van der Waals surface area contributed by atoms with Crippen molar-refractivity contribution in [3.63, 3.8) is 0 Å². The van der Waals surface area contributed by atoms with E-state index in [0.717, 1.165) is 29.7 Å². The number of nitrogens with zero attached hydrogens (tertiary/aromatic N) is 5. The van der Waals surface area contributed by atoms with E-state index < -0.39 is 0 Å². The van der Waals surface area contributed by atoms with Gasteiger partial charge in [-0.3, -0.25) is 9.69 Å². The van der Waals surface area contributed by atoms with Crippen LogP contribution in [0.2, 0.25) is 5.02 Å². The molecule has 0 spiro atoms. The Morgan fingerprint density at radius 1 is 1.13 bits per heavy atom. The number of tetrazole rings is 1. The number of carbonyl (C=O) groups excluding carboxylic acids is 1. The smallest absolute Gasteiger partial charge is 0.251 e. The number of rotatable bonds is 7. The number of anilines is 1. The minimum Gasteiger partial charge on any atom is -0.355 e. The van der Waals surface area contributed by atoms with Crippen molar-refractivity contribution in [3.05, 3.63) is 76.8 Å². The number of fused-ring (bicyclic) bond motifs is 1. The van der Waals surface area contributed by atoms with E-state index >= 15 is 0 Å². The van der Waals surface area contributed by atoms with Gasteiger partial charge in [-0.05, 0) is 46.2 Å². The number of nitrogens with one attached hydrogen (secondary N) is 1. The Hall–Kier alpha value is -3.19. The van der Waals surface area contributed by atoms with Gasteiger partial charge in [-0.2, -0.15) is 4.68 Å². The highest BCUT2D eigenvalue weighted by molar-refractivity contribution is 6.30. The molecule has 30 heavy (non-hydrogen) atoms. The lowest BCUT2D eigenvalue weighted by atomic mass is 10.0. The lowest BCUT2D eigenvalue weighted by Gasteiger charge is -2.32. The summed E-state index contributed by atoms with van der Waals surface area (Å²) in [7, 11) is 0. The first-order chi connectivity index (χ1) is 14.7. The van der Waals surface area contributed by atoms with Crippen LogP contribution in [0, 0.1) is 0 Å². The van der Waals surface area contributed by atoms with Crippen LogP contribution in [-0.4, -0.2) is 39.2 Å². The van der Waals surface area contributed by atoms with Crippen LogP contribution in [0.15, 0.2) is 60.7 Å². The van der Waals surface area contributed by atoms with Gasteiger partial charge in [-0.25, -0.2) is 0 Å². The maximum atomic E-state index is 12.6. The molecule has 2 aromatic carbocycles. The first-order valence-corrected chi connectivity index (χ1v) is 10.4. The number of allylic oxidation sites excluding steroid dienone is 1. The molecule has 0 saturated carbocycles. The molecule has 0 aliphatic carbocycles. The zero-order valence-corrected chi connectivity index (χ0v) is 17.5. The summed E-state index contributed by atoms with van der Waals surface area (Å²) in [4.78, 5) is 14.5. The predicted octanol–water partition coefficient (Wildman–Crippen LogP) is 3.69. The fourth-order valence-electron chi connectivity index (χ4n) is 3.48. The van der Waals surface area contributed by atoms with Crippen molar-refractivity contribution in [3.8, 4) is 0 Å². The van der Waals surface area contributed by atoms with Crippen molar-refractivity contribution in [2.45, 2.75) is 25.8 Å². The Balaban J connectivity index is 1.73. The van der Waals surface area contributed by atoms with Crippen molar-refractivity contribution >= 4 is 29.2 Å². The lowest BCUT2D eigenvalue weighted by molar-refractivity contribution is -0.119. The molecule has 1 aliphatic heterocycles. The largest absolute Gasteiger partial charge is 0.355 e. The molecular formula is C22H23ClN6O. The van der Waals surface area contributed by atoms with Gasteiger partial charge < -0.3 is 5.32 Å². The van der Waals surface area contributed by atoms with E-state index in [4.69, 9.17) is 11.6 Å². The Morgan fingerprint density at radius 2 is 1.90 bits per heavy atom. The van der Waals surface area contributed by atoms with Crippen molar-refractivity contribution in [1.82, 2.24) is 25.5 Å². The van der Waals surface area contributed by atoms with Gasteiger partial charge in [0, 0.05) is 11.6 Å². The Bertz CT molecular complexity index is 1030. The molecule has 0 bridgehead atoms. The predicted molar refractivity (Wildman–Crippen MR) is 117 cm³/mol. The summed E-state index contributed by atoms with van der Waals surface area (Å²) in [5, 5.41) is 16.0. The van der Waals surface area contributed by atoms with Gasteiger partial charge in [0.05, 0.1) is 5.70 Å². The topological polar surface area (TPSA) is 75.9 Å². The van der Waals surface area contributed by atoms with Gasteiger partial charge in [0.1, 0.15) is 12.6 Å². The third kappa shape index (κ3) is 4.21. The van der Waals surface area contributed by atoms with E-state index in [1.54, 1.807) is 4.68 Å². The molecule has 0 saturated heterocycles. The van der Waals surface area contributed by atoms with Crippen molar-refractivity contribution in [2.75, 3.05) is 18.0 Å². The zero-order chi connectivity index (χ0) is 20.9. The van der Waals surface area contributed by atoms with Crippen LogP contribution in [0.3, 0.4) is 0 Å². The number of benzene rings is 2. The number of hydrogen-bond acceptors (Lipinski definition) is 5. The number of carbonyl (C=O) groups is 1. The SMILES string of the molecule is CCCCNC(=O)CN1C(c2ccccc2)=CC(c2ccc(Cl)cc2)n2nnnc21. The molecule has 8 heteroatoms. The Kier molecular flexibility index (Phi) is 6.09. The second kappa shape index (κ2) is 9.09. The molecule has 1 aromatic heterocycles. The second-order valence-corrected chi connectivity index (χ2v) is 7.56. The van der Waals surface area contributed by atoms with Gasteiger partial charge in [0.2, 0.25) is 5.91 Å². The van der Waals surface area contributed by atoms with E-state index in [9.17, 15) is 4.79 Å². The fourth-order valence-corrected chi connectivity index (χ4v) is 3.61. The van der Waals surface area contributed by atoms with E-state index in [1.807, 2.05) is 59.5 Å². The van der Waals surface area contributed by atoms with Crippen LogP contribution in [0.1, 0.15) is 36.9 Å². The molecule has 0 fully saturated rings.